The van der Waals surface area contributed by atoms with Gasteiger partial charge in [0.2, 0.25) is 0 Å². The Kier molecular flexibility index (Phi) is 3.84. The van der Waals surface area contributed by atoms with Gasteiger partial charge in [-0.25, -0.2) is 0 Å². The summed E-state index contributed by atoms with van der Waals surface area (Å²) in [6, 6.07) is 5.73. The van der Waals surface area contributed by atoms with E-state index in [9.17, 15) is 0 Å². The van der Waals surface area contributed by atoms with Crippen LogP contribution < -0.4 is 0 Å². The summed E-state index contributed by atoms with van der Waals surface area (Å²) in [7, 11) is 0. The molecular formula is C13H14BrClN4. The molecule has 1 saturated carbocycles. The normalized spacial score (nSPS) is 16.7. The fraction of sp³-hybridized carbons (Fsp3) is 0.462. The van der Waals surface area contributed by atoms with E-state index in [1.165, 1.54) is 32.1 Å². The molecule has 0 amide bonds. The summed E-state index contributed by atoms with van der Waals surface area (Å²) in [5.41, 5.74) is 0.901. The lowest BCUT2D eigenvalue weighted by Crippen LogP contribution is -2.12. The molecule has 0 radical (unpaired) electrons. The number of aromatic nitrogens is 4. The molecule has 6 heteroatoms. The van der Waals surface area contributed by atoms with E-state index in [1.807, 2.05) is 22.9 Å². The topological polar surface area (TPSA) is 43.6 Å². The van der Waals surface area contributed by atoms with E-state index < -0.39 is 0 Å². The minimum atomic E-state index is 0.453. The van der Waals surface area contributed by atoms with Crippen LogP contribution in [0, 0.1) is 0 Å². The smallest absolute Gasteiger partial charge is 0.159 e. The van der Waals surface area contributed by atoms with Crippen molar-refractivity contribution < 1.29 is 0 Å². The first-order chi connectivity index (χ1) is 9.27. The fourth-order valence-electron chi connectivity index (χ4n) is 2.64. The van der Waals surface area contributed by atoms with E-state index >= 15 is 0 Å². The highest BCUT2D eigenvalue weighted by atomic mass is 79.9. The monoisotopic (exact) mass is 340 g/mol. The molecule has 1 aromatic heterocycles. The zero-order valence-electron chi connectivity index (χ0n) is 10.4. The fourth-order valence-corrected chi connectivity index (χ4v) is 3.24. The van der Waals surface area contributed by atoms with Crippen molar-refractivity contribution in [2.75, 3.05) is 0 Å². The van der Waals surface area contributed by atoms with Gasteiger partial charge in [-0.2, -0.15) is 4.68 Å². The van der Waals surface area contributed by atoms with Crippen LogP contribution in [0.1, 0.15) is 43.8 Å². The van der Waals surface area contributed by atoms with Gasteiger partial charge in [0, 0.05) is 5.92 Å². The second-order valence-electron chi connectivity index (χ2n) is 4.86. The summed E-state index contributed by atoms with van der Waals surface area (Å²) in [5.74, 6) is 1.40. The summed E-state index contributed by atoms with van der Waals surface area (Å²) in [6.45, 7) is 0. The lowest BCUT2D eigenvalue weighted by molar-refractivity contribution is 0.422. The number of rotatable bonds is 2. The average Bonchev–Trinajstić information content (AvgIpc) is 2.92. The Hall–Kier alpha value is -0.940. The van der Waals surface area contributed by atoms with Crippen molar-refractivity contribution >= 4 is 27.5 Å². The van der Waals surface area contributed by atoms with Gasteiger partial charge in [-0.1, -0.05) is 36.9 Å². The van der Waals surface area contributed by atoms with Gasteiger partial charge in [-0.3, -0.25) is 0 Å². The Labute approximate surface area is 125 Å². The van der Waals surface area contributed by atoms with Gasteiger partial charge in [0.05, 0.1) is 15.2 Å². The molecule has 19 heavy (non-hydrogen) atoms. The molecule has 1 fully saturated rings. The number of hydrogen-bond acceptors (Lipinski definition) is 3. The molecule has 4 nitrogen and oxygen atoms in total. The number of nitrogens with zero attached hydrogens (tertiary/aromatic N) is 4. The summed E-state index contributed by atoms with van der Waals surface area (Å²) >= 11 is 9.65. The van der Waals surface area contributed by atoms with Crippen LogP contribution in [0.5, 0.6) is 0 Å². The Morgan fingerprint density at radius 3 is 2.79 bits per heavy atom. The first kappa shape index (κ1) is 13.1. The van der Waals surface area contributed by atoms with Crippen molar-refractivity contribution in [3.8, 4) is 5.69 Å². The predicted octanol–water partition coefficient (Wildman–Crippen LogP) is 4.13. The van der Waals surface area contributed by atoms with Crippen LogP contribution >= 0.6 is 27.5 Å². The SMILES string of the molecule is Clc1cccc(-n2nnnc2C2CCCCC2)c1Br. The maximum Gasteiger partial charge on any atom is 0.159 e. The molecule has 100 valence electrons. The highest BCUT2D eigenvalue weighted by Gasteiger charge is 2.23. The van der Waals surface area contributed by atoms with Crippen LogP contribution in [-0.4, -0.2) is 20.2 Å². The van der Waals surface area contributed by atoms with Crippen LogP contribution in [-0.2, 0) is 0 Å². The first-order valence-corrected chi connectivity index (χ1v) is 7.67. The highest BCUT2D eigenvalue weighted by Crippen LogP contribution is 2.34. The zero-order valence-corrected chi connectivity index (χ0v) is 12.7. The van der Waals surface area contributed by atoms with E-state index in [1.54, 1.807) is 0 Å². The molecule has 3 rings (SSSR count). The van der Waals surface area contributed by atoms with Crippen molar-refractivity contribution in [3.63, 3.8) is 0 Å². The Morgan fingerprint density at radius 1 is 1.21 bits per heavy atom. The molecule has 2 aromatic rings. The second kappa shape index (κ2) is 5.59. The number of benzene rings is 1. The zero-order chi connectivity index (χ0) is 13.2. The predicted molar refractivity (Wildman–Crippen MR) is 77.7 cm³/mol. The largest absolute Gasteiger partial charge is 0.196 e. The van der Waals surface area contributed by atoms with Gasteiger partial charge in [0.15, 0.2) is 5.82 Å². The summed E-state index contributed by atoms with van der Waals surface area (Å²) in [5, 5.41) is 12.9. The average molecular weight is 342 g/mol. The molecule has 0 spiro atoms. The number of halogens is 2. The molecule has 1 aromatic carbocycles. The van der Waals surface area contributed by atoms with Gasteiger partial charge in [-0.05, 0) is 51.3 Å². The Morgan fingerprint density at radius 2 is 2.00 bits per heavy atom. The minimum Gasteiger partial charge on any atom is -0.196 e. The molecule has 0 saturated heterocycles. The molecule has 1 aliphatic carbocycles. The lowest BCUT2D eigenvalue weighted by Gasteiger charge is -2.20. The van der Waals surface area contributed by atoms with E-state index in [0.29, 0.717) is 10.9 Å². The maximum atomic E-state index is 6.14. The highest BCUT2D eigenvalue weighted by molar-refractivity contribution is 9.10. The van der Waals surface area contributed by atoms with Crippen LogP contribution in [0.15, 0.2) is 22.7 Å². The molecule has 1 heterocycles. The van der Waals surface area contributed by atoms with Gasteiger partial charge >= 0.3 is 0 Å². The van der Waals surface area contributed by atoms with Crippen molar-refractivity contribution in [3.05, 3.63) is 33.5 Å². The van der Waals surface area contributed by atoms with Crippen molar-refractivity contribution in [1.29, 1.82) is 0 Å². The van der Waals surface area contributed by atoms with Gasteiger partial charge in [0.25, 0.3) is 0 Å². The molecule has 0 unspecified atom stereocenters. The summed E-state index contributed by atoms with van der Waals surface area (Å²) in [4.78, 5) is 0. The third-order valence-corrected chi connectivity index (χ3v) is 5.00. The van der Waals surface area contributed by atoms with Crippen LogP contribution in [0.4, 0.5) is 0 Å². The molecule has 0 atom stereocenters. The number of hydrogen-bond donors (Lipinski definition) is 0. The van der Waals surface area contributed by atoms with E-state index in [4.69, 9.17) is 11.6 Å². The lowest BCUT2D eigenvalue weighted by atomic mass is 9.89. The first-order valence-electron chi connectivity index (χ1n) is 6.50. The number of tetrazole rings is 1. The second-order valence-corrected chi connectivity index (χ2v) is 6.06. The van der Waals surface area contributed by atoms with Crippen LogP contribution in [0.25, 0.3) is 5.69 Å². The molecule has 0 bridgehead atoms. The molecular weight excluding hydrogens is 328 g/mol. The third-order valence-electron chi connectivity index (χ3n) is 3.62. The Bertz CT molecular complexity index is 578. The van der Waals surface area contributed by atoms with Crippen molar-refractivity contribution in [2.45, 2.75) is 38.0 Å². The van der Waals surface area contributed by atoms with Gasteiger partial charge < -0.3 is 0 Å². The quantitative estimate of drug-likeness (QED) is 0.825. The van der Waals surface area contributed by atoms with Crippen LogP contribution in [0.3, 0.4) is 0 Å². The van der Waals surface area contributed by atoms with Gasteiger partial charge in [0.1, 0.15) is 0 Å². The third kappa shape index (κ3) is 2.54. The molecule has 1 aliphatic rings. The maximum absolute atomic E-state index is 6.14. The standard InChI is InChI=1S/C13H14BrClN4/c14-12-10(15)7-4-8-11(12)19-13(16-17-18-19)9-5-2-1-3-6-9/h4,7-9H,1-3,5-6H2. The summed E-state index contributed by atoms with van der Waals surface area (Å²) < 4.78 is 2.65. The van der Waals surface area contributed by atoms with Crippen molar-refractivity contribution in [1.82, 2.24) is 20.2 Å². The van der Waals surface area contributed by atoms with Crippen LogP contribution in [0.2, 0.25) is 5.02 Å². The minimum absolute atomic E-state index is 0.453. The van der Waals surface area contributed by atoms with Gasteiger partial charge in [-0.15, -0.1) is 5.10 Å². The Balaban J connectivity index is 2.01. The van der Waals surface area contributed by atoms with Crippen molar-refractivity contribution in [2.24, 2.45) is 0 Å². The van der Waals surface area contributed by atoms with E-state index in [0.717, 1.165) is 16.0 Å². The summed E-state index contributed by atoms with van der Waals surface area (Å²) in [6.07, 6.45) is 6.17. The van der Waals surface area contributed by atoms with E-state index in [-0.39, 0.29) is 0 Å². The molecule has 0 aliphatic heterocycles. The molecule has 0 N–H and O–H groups in total. The van der Waals surface area contributed by atoms with E-state index in [2.05, 4.69) is 31.5 Å².